The molecule has 1 N–H and O–H groups in total. The van der Waals surface area contributed by atoms with Gasteiger partial charge in [-0.15, -0.1) is 0 Å². The minimum absolute atomic E-state index is 0.158. The van der Waals surface area contributed by atoms with Gasteiger partial charge in [-0.1, -0.05) is 6.92 Å². The van der Waals surface area contributed by atoms with Crippen LogP contribution >= 0.6 is 0 Å². The molecule has 0 aromatic heterocycles. The van der Waals surface area contributed by atoms with Crippen molar-refractivity contribution in [2.24, 2.45) is 0 Å². The number of likely N-dealkylation sites (N-methyl/N-ethyl adjacent to an activating group) is 1. The second-order valence-corrected chi connectivity index (χ2v) is 4.11. The predicted molar refractivity (Wildman–Crippen MR) is 59.7 cm³/mol. The number of nitrogens with one attached hydrogen (secondary N) is 1. The van der Waals surface area contributed by atoms with Crippen LogP contribution in [0.5, 0.6) is 0 Å². The molecule has 0 bridgehead atoms. The lowest BCUT2D eigenvalue weighted by Gasteiger charge is -2.26. The highest BCUT2D eigenvalue weighted by atomic mass is 16.5. The number of hydrogen-bond donors (Lipinski definition) is 1. The number of carbonyl (C=O) groups excluding carboxylic acids is 1. The molecule has 0 spiro atoms. The topological polar surface area (TPSA) is 41.6 Å². The van der Waals surface area contributed by atoms with Crippen LogP contribution < -0.4 is 5.32 Å². The second kappa shape index (κ2) is 6.08. The van der Waals surface area contributed by atoms with Gasteiger partial charge in [-0.05, 0) is 26.3 Å². The fourth-order valence-electron chi connectivity index (χ4n) is 1.91. The van der Waals surface area contributed by atoms with Crippen LogP contribution in [0.3, 0.4) is 0 Å². The molecule has 1 rings (SSSR count). The Morgan fingerprint density at radius 3 is 2.87 bits per heavy atom. The van der Waals surface area contributed by atoms with E-state index < -0.39 is 0 Å². The third kappa shape index (κ3) is 3.47. The summed E-state index contributed by atoms with van der Waals surface area (Å²) in [5, 5.41) is 3.12. The Bertz CT molecular complexity index is 209. The average molecular weight is 214 g/mol. The van der Waals surface area contributed by atoms with Crippen LogP contribution in [0.25, 0.3) is 0 Å². The molecular formula is C11H22N2O2. The van der Waals surface area contributed by atoms with Crippen molar-refractivity contribution < 1.29 is 9.53 Å². The third-order valence-corrected chi connectivity index (χ3v) is 2.93. The van der Waals surface area contributed by atoms with Gasteiger partial charge in [0.25, 0.3) is 0 Å². The molecule has 0 radical (unpaired) electrons. The molecule has 0 saturated carbocycles. The van der Waals surface area contributed by atoms with Crippen molar-refractivity contribution in [1.29, 1.82) is 0 Å². The Balaban J connectivity index is 2.31. The Kier molecular flexibility index (Phi) is 5.05. The predicted octanol–water partition coefficient (Wildman–Crippen LogP) is 0.622. The van der Waals surface area contributed by atoms with E-state index in [-0.39, 0.29) is 18.1 Å². The van der Waals surface area contributed by atoms with Crippen LogP contribution in [0.15, 0.2) is 0 Å². The van der Waals surface area contributed by atoms with Gasteiger partial charge in [0.15, 0.2) is 0 Å². The Labute approximate surface area is 92.0 Å². The van der Waals surface area contributed by atoms with E-state index in [1.54, 1.807) is 0 Å². The fraction of sp³-hybridized carbons (Fsp3) is 0.909. The summed E-state index contributed by atoms with van der Waals surface area (Å²) in [6.07, 6.45) is 2.18. The van der Waals surface area contributed by atoms with E-state index in [1.165, 1.54) is 0 Å². The maximum absolute atomic E-state index is 11.8. The Morgan fingerprint density at radius 1 is 1.60 bits per heavy atom. The van der Waals surface area contributed by atoms with Crippen molar-refractivity contribution in [1.82, 2.24) is 10.2 Å². The van der Waals surface area contributed by atoms with Gasteiger partial charge in [-0.2, -0.15) is 0 Å². The minimum atomic E-state index is 0.158. The van der Waals surface area contributed by atoms with E-state index in [0.29, 0.717) is 6.54 Å². The summed E-state index contributed by atoms with van der Waals surface area (Å²) in [4.78, 5) is 13.6. The molecule has 0 aromatic carbocycles. The Morgan fingerprint density at radius 2 is 2.33 bits per heavy atom. The first-order chi connectivity index (χ1) is 7.16. The van der Waals surface area contributed by atoms with Gasteiger partial charge in [-0.25, -0.2) is 0 Å². The summed E-state index contributed by atoms with van der Waals surface area (Å²) in [6.45, 7) is 6.23. The number of hydrogen-bond acceptors (Lipinski definition) is 3. The molecule has 0 aromatic rings. The van der Waals surface area contributed by atoms with Gasteiger partial charge in [0.2, 0.25) is 5.91 Å². The van der Waals surface area contributed by atoms with Gasteiger partial charge in [0, 0.05) is 13.7 Å². The van der Waals surface area contributed by atoms with Crippen LogP contribution in [0.2, 0.25) is 0 Å². The molecule has 1 fully saturated rings. The monoisotopic (exact) mass is 214 g/mol. The molecule has 1 amide bonds. The lowest BCUT2D eigenvalue weighted by Crippen LogP contribution is -2.44. The smallest absolute Gasteiger partial charge is 0.236 e. The average Bonchev–Trinajstić information content (AvgIpc) is 2.63. The van der Waals surface area contributed by atoms with Crippen molar-refractivity contribution in [3.05, 3.63) is 0 Å². The summed E-state index contributed by atoms with van der Waals surface area (Å²) in [6, 6.07) is 0.251. The quantitative estimate of drug-likeness (QED) is 0.682. The van der Waals surface area contributed by atoms with Crippen molar-refractivity contribution in [2.75, 3.05) is 26.7 Å². The largest absolute Gasteiger partial charge is 0.376 e. The first-order valence-corrected chi connectivity index (χ1v) is 5.74. The lowest BCUT2D eigenvalue weighted by atomic mass is 10.1. The van der Waals surface area contributed by atoms with E-state index in [9.17, 15) is 4.79 Å². The SMILES string of the molecule is CCCNCC(=O)N(C)C1CCOC1C. The van der Waals surface area contributed by atoms with E-state index >= 15 is 0 Å². The minimum Gasteiger partial charge on any atom is -0.376 e. The first-order valence-electron chi connectivity index (χ1n) is 5.74. The zero-order chi connectivity index (χ0) is 11.3. The zero-order valence-corrected chi connectivity index (χ0v) is 9.95. The van der Waals surface area contributed by atoms with Gasteiger partial charge < -0.3 is 15.0 Å². The van der Waals surface area contributed by atoms with E-state index in [4.69, 9.17) is 4.74 Å². The van der Waals surface area contributed by atoms with Crippen molar-refractivity contribution in [3.8, 4) is 0 Å². The number of ether oxygens (including phenoxy) is 1. The van der Waals surface area contributed by atoms with Crippen molar-refractivity contribution >= 4 is 5.91 Å². The molecule has 1 aliphatic rings. The summed E-state index contributed by atoms with van der Waals surface area (Å²) in [7, 11) is 1.87. The van der Waals surface area contributed by atoms with Crippen LogP contribution in [-0.4, -0.2) is 49.7 Å². The van der Waals surface area contributed by atoms with Crippen LogP contribution in [0.4, 0.5) is 0 Å². The molecule has 1 saturated heterocycles. The van der Waals surface area contributed by atoms with Crippen molar-refractivity contribution in [2.45, 2.75) is 38.8 Å². The number of amides is 1. The normalized spacial score (nSPS) is 25.5. The number of rotatable bonds is 5. The second-order valence-electron chi connectivity index (χ2n) is 4.11. The Hall–Kier alpha value is -0.610. The van der Waals surface area contributed by atoms with E-state index in [2.05, 4.69) is 12.2 Å². The molecular weight excluding hydrogens is 192 g/mol. The maximum Gasteiger partial charge on any atom is 0.236 e. The van der Waals surface area contributed by atoms with Crippen LogP contribution in [-0.2, 0) is 9.53 Å². The van der Waals surface area contributed by atoms with E-state index in [0.717, 1.165) is 26.0 Å². The first kappa shape index (κ1) is 12.5. The summed E-state index contributed by atoms with van der Waals surface area (Å²) in [5.41, 5.74) is 0. The highest BCUT2D eigenvalue weighted by Gasteiger charge is 2.30. The molecule has 2 unspecified atom stereocenters. The molecule has 4 nitrogen and oxygen atoms in total. The molecule has 4 heteroatoms. The van der Waals surface area contributed by atoms with E-state index in [1.807, 2.05) is 18.9 Å². The summed E-state index contributed by atoms with van der Waals surface area (Å²) < 4.78 is 5.45. The highest BCUT2D eigenvalue weighted by molar-refractivity contribution is 5.78. The summed E-state index contributed by atoms with van der Waals surface area (Å²) >= 11 is 0. The zero-order valence-electron chi connectivity index (χ0n) is 9.95. The maximum atomic E-state index is 11.8. The molecule has 15 heavy (non-hydrogen) atoms. The van der Waals surface area contributed by atoms with Crippen molar-refractivity contribution in [3.63, 3.8) is 0 Å². The van der Waals surface area contributed by atoms with Crippen LogP contribution in [0.1, 0.15) is 26.7 Å². The summed E-state index contributed by atoms with van der Waals surface area (Å²) in [5.74, 6) is 0.158. The standard InChI is InChI=1S/C11H22N2O2/c1-4-6-12-8-11(14)13(3)10-5-7-15-9(10)2/h9-10,12H,4-8H2,1-3H3. The molecule has 0 aliphatic carbocycles. The highest BCUT2D eigenvalue weighted by Crippen LogP contribution is 2.17. The molecule has 2 atom stereocenters. The van der Waals surface area contributed by atoms with Gasteiger partial charge >= 0.3 is 0 Å². The molecule has 88 valence electrons. The number of carbonyl (C=O) groups is 1. The molecule has 1 aliphatic heterocycles. The van der Waals surface area contributed by atoms with Crippen LogP contribution in [0, 0.1) is 0 Å². The van der Waals surface area contributed by atoms with Gasteiger partial charge in [-0.3, -0.25) is 4.79 Å². The lowest BCUT2D eigenvalue weighted by molar-refractivity contribution is -0.131. The molecule has 1 heterocycles. The van der Waals surface area contributed by atoms with Gasteiger partial charge in [0.05, 0.1) is 18.7 Å². The van der Waals surface area contributed by atoms with Gasteiger partial charge in [0.1, 0.15) is 0 Å². The third-order valence-electron chi connectivity index (χ3n) is 2.93. The fourth-order valence-corrected chi connectivity index (χ4v) is 1.91. The number of nitrogens with zero attached hydrogens (tertiary/aromatic N) is 1.